The molecule has 6 heteroatoms. The molecule has 1 saturated carbocycles. The minimum Gasteiger partial charge on any atom is -0.341 e. The number of pyridine rings is 1. The normalized spacial score (nSPS) is 20.0. The van der Waals surface area contributed by atoms with Gasteiger partial charge in [-0.25, -0.2) is 0 Å². The third kappa shape index (κ3) is 4.50. The number of nitrogens with one attached hydrogen (secondary N) is 1. The third-order valence-corrected chi connectivity index (χ3v) is 5.33. The molecule has 1 aliphatic heterocycles. The molecule has 0 unspecified atom stereocenters. The molecule has 1 aromatic heterocycles. The average molecular weight is 345 g/mol. The lowest BCUT2D eigenvalue weighted by atomic mass is 9.98. The van der Waals surface area contributed by atoms with Crippen LogP contribution in [0.2, 0.25) is 0 Å². The number of amides is 2. The first-order valence-corrected chi connectivity index (χ1v) is 9.42. The molecule has 2 amide bonds. The molecule has 0 atom stereocenters. The molecule has 1 aliphatic carbocycles. The van der Waals surface area contributed by atoms with Crippen molar-refractivity contribution in [1.29, 1.82) is 0 Å². The molecule has 6 nitrogen and oxygen atoms in total. The second-order valence-corrected chi connectivity index (χ2v) is 7.10. The van der Waals surface area contributed by atoms with E-state index in [2.05, 4.69) is 4.98 Å². The molecule has 0 radical (unpaired) electrons. The van der Waals surface area contributed by atoms with Gasteiger partial charge in [-0.2, -0.15) is 0 Å². The summed E-state index contributed by atoms with van der Waals surface area (Å²) in [5.41, 5.74) is 0.274. The lowest BCUT2D eigenvalue weighted by Crippen LogP contribution is -2.40. The summed E-state index contributed by atoms with van der Waals surface area (Å²) in [5, 5.41) is 0. The SMILES string of the molecule is O=C(c1ccc(=O)[nH]c1)N1CCCN(C(=O)C2CCCCCC2)CC1. The molecule has 2 aliphatic rings. The molecule has 2 heterocycles. The molecule has 1 aromatic rings. The van der Waals surface area contributed by atoms with Crippen LogP contribution in [-0.4, -0.2) is 52.8 Å². The predicted octanol–water partition coefficient (Wildman–Crippen LogP) is 2.02. The summed E-state index contributed by atoms with van der Waals surface area (Å²) in [5.74, 6) is 0.365. The van der Waals surface area contributed by atoms with Gasteiger partial charge in [0.25, 0.3) is 5.91 Å². The van der Waals surface area contributed by atoms with Crippen LogP contribution in [0.25, 0.3) is 0 Å². The van der Waals surface area contributed by atoms with Crippen molar-refractivity contribution in [2.75, 3.05) is 26.2 Å². The Morgan fingerprint density at radius 2 is 1.56 bits per heavy atom. The maximum atomic E-state index is 12.8. The second kappa shape index (κ2) is 8.32. The molecule has 2 fully saturated rings. The van der Waals surface area contributed by atoms with Crippen LogP contribution in [0.1, 0.15) is 55.3 Å². The van der Waals surface area contributed by atoms with Crippen molar-refractivity contribution >= 4 is 11.8 Å². The van der Waals surface area contributed by atoms with E-state index in [4.69, 9.17) is 0 Å². The number of carbonyl (C=O) groups excluding carboxylic acids is 2. The van der Waals surface area contributed by atoms with E-state index in [0.717, 1.165) is 38.6 Å². The summed E-state index contributed by atoms with van der Waals surface area (Å²) in [7, 11) is 0. The monoisotopic (exact) mass is 345 g/mol. The van der Waals surface area contributed by atoms with Crippen molar-refractivity contribution in [3.8, 4) is 0 Å². The molecule has 1 N–H and O–H groups in total. The van der Waals surface area contributed by atoms with Crippen molar-refractivity contribution in [1.82, 2.24) is 14.8 Å². The number of nitrogens with zero attached hydrogens (tertiary/aromatic N) is 2. The molecule has 0 spiro atoms. The maximum absolute atomic E-state index is 12.8. The van der Waals surface area contributed by atoms with E-state index in [1.165, 1.54) is 25.1 Å². The van der Waals surface area contributed by atoms with E-state index < -0.39 is 0 Å². The minimum atomic E-state index is -0.215. The highest BCUT2D eigenvalue weighted by molar-refractivity contribution is 5.94. The molecule has 0 bridgehead atoms. The first-order valence-electron chi connectivity index (χ1n) is 9.42. The van der Waals surface area contributed by atoms with Crippen molar-refractivity contribution in [2.45, 2.75) is 44.9 Å². The van der Waals surface area contributed by atoms with Crippen molar-refractivity contribution in [2.24, 2.45) is 5.92 Å². The number of aromatic nitrogens is 1. The van der Waals surface area contributed by atoms with Gasteiger partial charge >= 0.3 is 0 Å². The summed E-state index contributed by atoms with van der Waals surface area (Å²) in [6.07, 6.45) is 9.07. The standard InChI is InChI=1S/C19H27N3O3/c23-17-9-8-16(14-20-17)19(25)22-11-5-10-21(12-13-22)18(24)15-6-3-1-2-4-7-15/h8-9,14-15H,1-7,10-13H2,(H,20,23). The Morgan fingerprint density at radius 1 is 0.880 bits per heavy atom. The highest BCUT2D eigenvalue weighted by Crippen LogP contribution is 2.25. The largest absolute Gasteiger partial charge is 0.341 e. The van der Waals surface area contributed by atoms with Crippen molar-refractivity contribution in [3.63, 3.8) is 0 Å². The van der Waals surface area contributed by atoms with E-state index in [1.807, 2.05) is 4.90 Å². The smallest absolute Gasteiger partial charge is 0.255 e. The van der Waals surface area contributed by atoms with Crippen LogP contribution in [0.15, 0.2) is 23.1 Å². The topological polar surface area (TPSA) is 73.5 Å². The number of carbonyl (C=O) groups is 2. The Labute approximate surface area is 148 Å². The molecule has 136 valence electrons. The van der Waals surface area contributed by atoms with Crippen LogP contribution in [0.3, 0.4) is 0 Å². The van der Waals surface area contributed by atoms with Crippen LogP contribution in [0.5, 0.6) is 0 Å². The lowest BCUT2D eigenvalue weighted by molar-refractivity contribution is -0.135. The van der Waals surface area contributed by atoms with Gasteiger partial charge in [-0.3, -0.25) is 14.4 Å². The maximum Gasteiger partial charge on any atom is 0.255 e. The number of hydrogen-bond acceptors (Lipinski definition) is 3. The first-order chi connectivity index (χ1) is 12.1. The van der Waals surface area contributed by atoms with Crippen molar-refractivity contribution < 1.29 is 9.59 Å². The van der Waals surface area contributed by atoms with E-state index in [1.54, 1.807) is 11.0 Å². The number of aromatic amines is 1. The van der Waals surface area contributed by atoms with E-state index >= 15 is 0 Å². The Hall–Kier alpha value is -2.11. The van der Waals surface area contributed by atoms with Crippen LogP contribution in [0.4, 0.5) is 0 Å². The fourth-order valence-electron chi connectivity index (χ4n) is 3.85. The molecular weight excluding hydrogens is 318 g/mol. The number of rotatable bonds is 2. The van der Waals surface area contributed by atoms with Gasteiger partial charge in [-0.05, 0) is 25.3 Å². The minimum absolute atomic E-state index is 0.0833. The summed E-state index contributed by atoms with van der Waals surface area (Å²) in [4.78, 5) is 42.8. The summed E-state index contributed by atoms with van der Waals surface area (Å²) in [6, 6.07) is 2.92. The van der Waals surface area contributed by atoms with Gasteiger partial charge in [0.15, 0.2) is 0 Å². The zero-order valence-corrected chi connectivity index (χ0v) is 14.7. The lowest BCUT2D eigenvalue weighted by Gasteiger charge is -2.26. The fourth-order valence-corrected chi connectivity index (χ4v) is 3.85. The van der Waals surface area contributed by atoms with Gasteiger partial charge in [0.2, 0.25) is 11.5 Å². The fraction of sp³-hybridized carbons (Fsp3) is 0.632. The van der Waals surface area contributed by atoms with Gasteiger partial charge in [0, 0.05) is 44.4 Å². The molecule has 25 heavy (non-hydrogen) atoms. The Balaban J connectivity index is 1.59. The van der Waals surface area contributed by atoms with E-state index in [9.17, 15) is 14.4 Å². The molecular formula is C19H27N3O3. The predicted molar refractivity (Wildman–Crippen MR) is 95.4 cm³/mol. The summed E-state index contributed by atoms with van der Waals surface area (Å²) < 4.78 is 0. The summed E-state index contributed by atoms with van der Waals surface area (Å²) >= 11 is 0. The van der Waals surface area contributed by atoms with Gasteiger partial charge in [0.05, 0.1) is 5.56 Å². The molecule has 1 saturated heterocycles. The number of hydrogen-bond donors (Lipinski definition) is 1. The highest BCUT2D eigenvalue weighted by atomic mass is 16.2. The van der Waals surface area contributed by atoms with Crippen LogP contribution in [-0.2, 0) is 4.79 Å². The van der Waals surface area contributed by atoms with Gasteiger partial charge in [-0.1, -0.05) is 25.7 Å². The van der Waals surface area contributed by atoms with E-state index in [0.29, 0.717) is 25.2 Å². The average Bonchev–Trinajstić information content (AvgIpc) is 3.04. The Bertz CT molecular complexity index is 642. The van der Waals surface area contributed by atoms with Gasteiger partial charge in [0.1, 0.15) is 0 Å². The van der Waals surface area contributed by atoms with Gasteiger partial charge < -0.3 is 14.8 Å². The van der Waals surface area contributed by atoms with E-state index in [-0.39, 0.29) is 23.3 Å². The van der Waals surface area contributed by atoms with Crippen LogP contribution in [0, 0.1) is 5.92 Å². The third-order valence-electron chi connectivity index (χ3n) is 5.33. The van der Waals surface area contributed by atoms with Crippen LogP contribution < -0.4 is 5.56 Å². The summed E-state index contributed by atoms with van der Waals surface area (Å²) in [6.45, 7) is 2.53. The van der Waals surface area contributed by atoms with Gasteiger partial charge in [-0.15, -0.1) is 0 Å². The first kappa shape index (κ1) is 17.7. The Morgan fingerprint density at radius 3 is 2.24 bits per heavy atom. The number of H-pyrrole nitrogens is 1. The molecule has 3 rings (SSSR count). The zero-order chi connectivity index (χ0) is 17.6. The highest BCUT2D eigenvalue weighted by Gasteiger charge is 2.28. The molecule has 0 aromatic carbocycles. The van der Waals surface area contributed by atoms with Crippen LogP contribution >= 0.6 is 0 Å². The zero-order valence-electron chi connectivity index (χ0n) is 14.7. The van der Waals surface area contributed by atoms with Crippen molar-refractivity contribution in [3.05, 3.63) is 34.2 Å². The quantitative estimate of drug-likeness (QED) is 0.834. The second-order valence-electron chi connectivity index (χ2n) is 7.10. The Kier molecular flexibility index (Phi) is 5.89.